The molecule has 59 heavy (non-hydrogen) atoms. The first kappa shape index (κ1) is 32.0. The van der Waals surface area contributed by atoms with Crippen molar-refractivity contribution in [1.82, 2.24) is 24.5 Å². The molecule has 0 bridgehead atoms. The zero-order valence-corrected chi connectivity index (χ0v) is 31.3. The van der Waals surface area contributed by atoms with Crippen LogP contribution < -0.4 is 0 Å². The molecule has 0 aliphatic carbocycles. The highest BCUT2D eigenvalue weighted by Crippen LogP contribution is 2.39. The summed E-state index contributed by atoms with van der Waals surface area (Å²) in [6.45, 7) is 0. The van der Waals surface area contributed by atoms with Gasteiger partial charge < -0.3 is 8.83 Å². The van der Waals surface area contributed by atoms with Crippen molar-refractivity contribution < 1.29 is 8.83 Å². The third-order valence-corrected chi connectivity index (χ3v) is 11.7. The van der Waals surface area contributed by atoms with Gasteiger partial charge in [0.05, 0.1) is 11.0 Å². The van der Waals surface area contributed by atoms with Gasteiger partial charge in [0, 0.05) is 38.2 Å². The highest BCUT2D eigenvalue weighted by atomic mass is 16.3. The Kier molecular flexibility index (Phi) is 6.60. The van der Waals surface area contributed by atoms with Crippen molar-refractivity contribution in [3.05, 3.63) is 176 Å². The summed E-state index contributed by atoms with van der Waals surface area (Å²) in [5, 5.41) is 11.4. The number of aromatic nitrogens is 5. The van der Waals surface area contributed by atoms with Crippen molar-refractivity contribution in [1.29, 1.82) is 0 Å². The molecule has 274 valence electrons. The predicted molar refractivity (Wildman–Crippen MR) is 238 cm³/mol. The van der Waals surface area contributed by atoms with E-state index < -0.39 is 0 Å². The molecule has 0 atom stereocenters. The molecule has 9 aromatic carbocycles. The number of rotatable bonds is 4. The lowest BCUT2D eigenvalue weighted by atomic mass is 9.93. The van der Waals surface area contributed by atoms with E-state index >= 15 is 0 Å². The van der Waals surface area contributed by atoms with Crippen molar-refractivity contribution >= 4 is 87.2 Å². The Hall–Kier alpha value is -8.16. The minimum Gasteiger partial charge on any atom is -0.456 e. The lowest BCUT2D eigenvalue weighted by molar-refractivity contribution is 0.668. The van der Waals surface area contributed by atoms with Crippen molar-refractivity contribution in [2.45, 2.75) is 0 Å². The molecule has 13 aromatic rings. The fourth-order valence-corrected chi connectivity index (χ4v) is 8.92. The Balaban J connectivity index is 1.07. The lowest BCUT2D eigenvalue weighted by Crippen LogP contribution is -2.08. The predicted octanol–water partition coefficient (Wildman–Crippen LogP) is 13.5. The Morgan fingerprint density at radius 3 is 1.39 bits per heavy atom. The highest BCUT2D eigenvalue weighted by Gasteiger charge is 2.22. The topological polar surface area (TPSA) is 82.8 Å². The van der Waals surface area contributed by atoms with E-state index in [1.165, 1.54) is 26.9 Å². The van der Waals surface area contributed by atoms with Gasteiger partial charge in [-0.05, 0) is 86.9 Å². The molecular weight excluding hydrogens is 727 g/mol. The molecule has 0 saturated heterocycles. The van der Waals surface area contributed by atoms with Gasteiger partial charge in [0.25, 0.3) is 0 Å². The van der Waals surface area contributed by atoms with Gasteiger partial charge in [-0.15, -0.1) is 0 Å². The molecule has 0 unspecified atom stereocenters. The van der Waals surface area contributed by atoms with E-state index in [1.807, 2.05) is 65.2 Å². The number of hydrogen-bond acceptors (Lipinski definition) is 6. The number of para-hydroxylation sites is 4. The number of fused-ring (bicyclic) bond motifs is 13. The van der Waals surface area contributed by atoms with E-state index in [2.05, 4.69) is 115 Å². The van der Waals surface area contributed by atoms with Crippen LogP contribution in [0.15, 0.2) is 185 Å². The lowest BCUT2D eigenvalue weighted by Gasteiger charge is -2.13. The molecule has 0 aliphatic rings. The molecule has 0 radical (unpaired) electrons. The Morgan fingerprint density at radius 2 is 0.763 bits per heavy atom. The van der Waals surface area contributed by atoms with Gasteiger partial charge in [0.2, 0.25) is 5.95 Å². The molecule has 0 saturated carbocycles. The van der Waals surface area contributed by atoms with E-state index in [1.54, 1.807) is 0 Å². The summed E-state index contributed by atoms with van der Waals surface area (Å²) < 4.78 is 14.7. The molecule has 0 aliphatic heterocycles. The summed E-state index contributed by atoms with van der Waals surface area (Å²) in [4.78, 5) is 21.0. The molecule has 0 amide bonds. The van der Waals surface area contributed by atoms with E-state index in [0.29, 0.717) is 23.4 Å². The first-order chi connectivity index (χ1) is 29.2. The Bertz CT molecular complexity index is 3840. The fourth-order valence-electron chi connectivity index (χ4n) is 8.92. The Morgan fingerprint density at radius 1 is 0.322 bits per heavy atom. The number of furan rings is 2. The monoisotopic (exact) mass is 755 g/mol. The maximum Gasteiger partial charge on any atom is 0.240 e. The SMILES string of the molecule is c1ccc2c(c1)nc(-c1ccc3c(c1)oc1ccccc13)n2-c1nc(-c2ccc3c(c2)oc2ccccc23)nc(-c2ccc3c4ccccc4c4ccccc4c3c2)n1. The van der Waals surface area contributed by atoms with Crippen LogP contribution in [0.1, 0.15) is 0 Å². The van der Waals surface area contributed by atoms with Gasteiger partial charge in [-0.2, -0.15) is 9.97 Å². The highest BCUT2D eigenvalue weighted by molar-refractivity contribution is 6.25. The maximum atomic E-state index is 6.35. The van der Waals surface area contributed by atoms with E-state index in [-0.39, 0.29) is 0 Å². The Labute approximate surface area is 335 Å². The van der Waals surface area contributed by atoms with Gasteiger partial charge in [0.1, 0.15) is 28.2 Å². The van der Waals surface area contributed by atoms with Crippen LogP contribution in [0.25, 0.3) is 127 Å². The number of imidazole rings is 1. The molecule has 7 nitrogen and oxygen atoms in total. The average Bonchev–Trinajstić information content (AvgIpc) is 4.00. The minimum atomic E-state index is 0.451. The number of hydrogen-bond donors (Lipinski definition) is 0. The van der Waals surface area contributed by atoms with Gasteiger partial charge in [0.15, 0.2) is 11.6 Å². The zero-order chi connectivity index (χ0) is 38.6. The number of benzene rings is 9. The molecule has 4 aromatic heterocycles. The molecule has 0 N–H and O–H groups in total. The minimum absolute atomic E-state index is 0.451. The largest absolute Gasteiger partial charge is 0.456 e. The normalized spacial score (nSPS) is 12.1. The third-order valence-electron chi connectivity index (χ3n) is 11.7. The molecule has 0 spiro atoms. The molecule has 7 heteroatoms. The van der Waals surface area contributed by atoms with Crippen molar-refractivity contribution in [3.8, 4) is 40.1 Å². The van der Waals surface area contributed by atoms with Crippen LogP contribution in [0.5, 0.6) is 0 Å². The molecular formula is C52H29N5O2. The van der Waals surface area contributed by atoms with Crippen LogP contribution in [0.4, 0.5) is 0 Å². The summed E-state index contributed by atoms with van der Waals surface area (Å²) in [5.74, 6) is 2.21. The summed E-state index contributed by atoms with van der Waals surface area (Å²) in [6.07, 6.45) is 0. The first-order valence-corrected chi connectivity index (χ1v) is 19.6. The summed E-state index contributed by atoms with van der Waals surface area (Å²) in [5.41, 5.74) is 7.50. The van der Waals surface area contributed by atoms with Gasteiger partial charge in [-0.25, -0.2) is 9.97 Å². The summed E-state index contributed by atoms with van der Waals surface area (Å²) >= 11 is 0. The fraction of sp³-hybridized carbons (Fsp3) is 0. The summed E-state index contributed by atoms with van der Waals surface area (Å²) in [7, 11) is 0. The maximum absolute atomic E-state index is 6.35. The van der Waals surface area contributed by atoms with Crippen molar-refractivity contribution in [2.75, 3.05) is 0 Å². The standard InChI is InChI=1S/C52H29N5O2/c1-2-13-35-33(11-1)34-12-3-4-14-36(34)42-27-30(21-24-37(35)42)49-54-50(31-22-25-40-38-15-5-9-19-45(38)58-47(40)28-31)56-52(55-49)57-44-18-8-7-17-43(44)53-51(57)32-23-26-41-39-16-6-10-20-46(39)59-48(41)29-32/h1-29H. The van der Waals surface area contributed by atoms with E-state index in [0.717, 1.165) is 77.0 Å². The van der Waals surface area contributed by atoms with Gasteiger partial charge in [-0.3, -0.25) is 4.57 Å². The van der Waals surface area contributed by atoms with Crippen LogP contribution in [-0.2, 0) is 0 Å². The molecule has 0 fully saturated rings. The van der Waals surface area contributed by atoms with Crippen LogP contribution in [0.2, 0.25) is 0 Å². The van der Waals surface area contributed by atoms with Crippen molar-refractivity contribution in [3.63, 3.8) is 0 Å². The first-order valence-electron chi connectivity index (χ1n) is 19.6. The van der Waals surface area contributed by atoms with Crippen LogP contribution in [0.3, 0.4) is 0 Å². The second-order valence-electron chi connectivity index (χ2n) is 15.0. The van der Waals surface area contributed by atoms with E-state index in [4.69, 9.17) is 28.8 Å². The second-order valence-corrected chi connectivity index (χ2v) is 15.0. The average molecular weight is 756 g/mol. The van der Waals surface area contributed by atoms with Crippen LogP contribution in [0, 0.1) is 0 Å². The van der Waals surface area contributed by atoms with Gasteiger partial charge in [-0.1, -0.05) is 121 Å². The van der Waals surface area contributed by atoms with Gasteiger partial charge >= 0.3 is 0 Å². The van der Waals surface area contributed by atoms with Crippen molar-refractivity contribution in [2.24, 2.45) is 0 Å². The second kappa shape index (κ2) is 12.2. The third kappa shape index (κ3) is 4.82. The smallest absolute Gasteiger partial charge is 0.240 e. The van der Waals surface area contributed by atoms with E-state index in [9.17, 15) is 0 Å². The summed E-state index contributed by atoms with van der Waals surface area (Å²) in [6, 6.07) is 60.5. The zero-order valence-electron chi connectivity index (χ0n) is 31.3. The quantitative estimate of drug-likeness (QED) is 0.166. The number of nitrogens with zero attached hydrogens (tertiary/aromatic N) is 5. The van der Waals surface area contributed by atoms with Crippen LogP contribution >= 0.6 is 0 Å². The molecule has 4 heterocycles. The molecule has 13 rings (SSSR count). The van der Waals surface area contributed by atoms with Crippen LogP contribution in [-0.4, -0.2) is 24.5 Å².